The Morgan fingerprint density at radius 3 is 2.23 bits per heavy atom. The zero-order chi connectivity index (χ0) is 22.0. The molecule has 1 aliphatic carbocycles. The Balaban J connectivity index is 1.57. The number of nitrogens with zero attached hydrogens (tertiary/aromatic N) is 2. The number of hydrogen-bond donors (Lipinski definition) is 1. The third-order valence-corrected chi connectivity index (χ3v) is 5.81. The molecule has 1 amide bonds. The molecule has 156 valence electrons. The summed E-state index contributed by atoms with van der Waals surface area (Å²) in [6.45, 7) is 4.10. The molecule has 0 aromatic heterocycles. The number of rotatable bonds is 6. The van der Waals surface area contributed by atoms with Crippen LogP contribution < -0.4 is 5.43 Å². The molecule has 0 bridgehead atoms. The minimum atomic E-state index is -0.460. The first-order chi connectivity index (χ1) is 14.9. The van der Waals surface area contributed by atoms with Gasteiger partial charge >= 0.3 is 0 Å². The smallest absolute Gasteiger partial charge is 0.270 e. The molecule has 31 heavy (non-hydrogen) atoms. The third-order valence-electron chi connectivity index (χ3n) is 5.81. The lowest BCUT2D eigenvalue weighted by molar-refractivity contribution is -0.384. The standard InChI is InChI=1S/C25H23N3O3/c1-17-6-3-9-20(12-17)25(21-10-4-7-18(2)13-21)15-23(25)24(29)27-26-16-19-8-5-11-22(14-19)28(30)31/h3-14,16,23H,15H2,1-2H3,(H,27,29). The van der Waals surface area contributed by atoms with E-state index in [9.17, 15) is 14.9 Å². The van der Waals surface area contributed by atoms with Gasteiger partial charge in [0.1, 0.15) is 0 Å². The highest BCUT2D eigenvalue weighted by atomic mass is 16.6. The Kier molecular flexibility index (Phi) is 5.38. The van der Waals surface area contributed by atoms with E-state index in [-0.39, 0.29) is 22.9 Å². The molecule has 4 rings (SSSR count). The highest BCUT2D eigenvalue weighted by Crippen LogP contribution is 2.59. The summed E-state index contributed by atoms with van der Waals surface area (Å²) in [5.41, 5.74) is 7.34. The number of carbonyl (C=O) groups is 1. The average Bonchev–Trinajstić information content (AvgIpc) is 3.51. The highest BCUT2D eigenvalue weighted by molar-refractivity contribution is 5.88. The summed E-state index contributed by atoms with van der Waals surface area (Å²) in [7, 11) is 0. The van der Waals surface area contributed by atoms with Crippen LogP contribution in [0.5, 0.6) is 0 Å². The molecule has 1 unspecified atom stereocenters. The maximum atomic E-state index is 13.0. The van der Waals surface area contributed by atoms with Crippen LogP contribution in [0, 0.1) is 29.9 Å². The minimum absolute atomic E-state index is 0.0182. The van der Waals surface area contributed by atoms with E-state index in [0.29, 0.717) is 12.0 Å². The maximum absolute atomic E-state index is 13.0. The minimum Gasteiger partial charge on any atom is -0.273 e. The molecule has 1 saturated carbocycles. The molecule has 1 atom stereocenters. The van der Waals surface area contributed by atoms with E-state index in [4.69, 9.17) is 0 Å². The Hall–Kier alpha value is -3.80. The lowest BCUT2D eigenvalue weighted by atomic mass is 9.84. The van der Waals surface area contributed by atoms with Gasteiger partial charge in [0.2, 0.25) is 5.91 Å². The fraction of sp³-hybridized carbons (Fsp3) is 0.200. The quantitative estimate of drug-likeness (QED) is 0.362. The predicted molar refractivity (Wildman–Crippen MR) is 120 cm³/mol. The number of non-ortho nitro benzene ring substituents is 1. The van der Waals surface area contributed by atoms with Crippen molar-refractivity contribution in [3.8, 4) is 0 Å². The van der Waals surface area contributed by atoms with Crippen LogP contribution in [0.4, 0.5) is 5.69 Å². The molecule has 0 radical (unpaired) electrons. The van der Waals surface area contributed by atoms with Gasteiger partial charge in [-0.05, 0) is 31.4 Å². The van der Waals surface area contributed by atoms with Gasteiger partial charge in [0.05, 0.1) is 17.1 Å². The van der Waals surface area contributed by atoms with Gasteiger partial charge in [-0.2, -0.15) is 5.10 Å². The SMILES string of the molecule is Cc1cccc(C2(c3cccc(C)c3)CC2C(=O)NN=Cc2cccc([N+](=O)[O-])c2)c1. The first-order valence-electron chi connectivity index (χ1n) is 10.1. The van der Waals surface area contributed by atoms with Gasteiger partial charge in [-0.15, -0.1) is 0 Å². The van der Waals surface area contributed by atoms with Crippen LogP contribution in [0.1, 0.15) is 34.2 Å². The van der Waals surface area contributed by atoms with Crippen LogP contribution in [-0.4, -0.2) is 17.0 Å². The number of nitrogens with one attached hydrogen (secondary N) is 1. The number of benzene rings is 3. The molecule has 3 aromatic carbocycles. The number of aryl methyl sites for hydroxylation is 2. The predicted octanol–water partition coefficient (Wildman–Crippen LogP) is 4.67. The van der Waals surface area contributed by atoms with Crippen molar-refractivity contribution in [1.82, 2.24) is 5.43 Å². The van der Waals surface area contributed by atoms with Gasteiger partial charge in [-0.1, -0.05) is 71.8 Å². The zero-order valence-corrected chi connectivity index (χ0v) is 17.4. The molecular formula is C25H23N3O3. The second kappa shape index (κ2) is 8.14. The van der Waals surface area contributed by atoms with Gasteiger partial charge in [-0.3, -0.25) is 14.9 Å². The van der Waals surface area contributed by atoms with E-state index in [0.717, 1.165) is 22.3 Å². The zero-order valence-electron chi connectivity index (χ0n) is 17.4. The molecule has 0 aliphatic heterocycles. The van der Waals surface area contributed by atoms with Crippen molar-refractivity contribution in [2.45, 2.75) is 25.7 Å². The van der Waals surface area contributed by atoms with Gasteiger partial charge in [0.15, 0.2) is 0 Å². The molecule has 1 fully saturated rings. The van der Waals surface area contributed by atoms with Crippen molar-refractivity contribution in [1.29, 1.82) is 0 Å². The molecule has 0 heterocycles. The highest BCUT2D eigenvalue weighted by Gasteiger charge is 2.60. The fourth-order valence-electron chi connectivity index (χ4n) is 4.20. The van der Waals surface area contributed by atoms with E-state index in [2.05, 4.69) is 34.8 Å². The van der Waals surface area contributed by atoms with Crippen molar-refractivity contribution >= 4 is 17.8 Å². The van der Waals surface area contributed by atoms with Crippen LogP contribution in [0.2, 0.25) is 0 Å². The van der Waals surface area contributed by atoms with E-state index in [1.807, 2.05) is 38.1 Å². The van der Waals surface area contributed by atoms with E-state index >= 15 is 0 Å². The molecule has 6 heteroatoms. The monoisotopic (exact) mass is 413 g/mol. The van der Waals surface area contributed by atoms with Crippen molar-refractivity contribution in [2.24, 2.45) is 11.0 Å². The summed E-state index contributed by atoms with van der Waals surface area (Å²) in [6.07, 6.45) is 2.13. The topological polar surface area (TPSA) is 84.6 Å². The Morgan fingerprint density at radius 1 is 1.03 bits per heavy atom. The number of hydrazone groups is 1. The summed E-state index contributed by atoms with van der Waals surface area (Å²) in [6, 6.07) is 22.7. The van der Waals surface area contributed by atoms with Crippen molar-refractivity contribution in [3.05, 3.63) is 111 Å². The second-order valence-corrected chi connectivity index (χ2v) is 8.05. The van der Waals surface area contributed by atoms with Gasteiger partial charge in [0.25, 0.3) is 5.69 Å². The summed E-state index contributed by atoms with van der Waals surface area (Å²) in [5, 5.41) is 15.0. The molecular weight excluding hydrogens is 390 g/mol. The summed E-state index contributed by atoms with van der Waals surface area (Å²) >= 11 is 0. The third kappa shape index (κ3) is 4.10. The van der Waals surface area contributed by atoms with E-state index in [1.165, 1.54) is 18.3 Å². The van der Waals surface area contributed by atoms with Crippen LogP contribution in [0.3, 0.4) is 0 Å². The number of nitro benzene ring substituents is 1. The molecule has 6 nitrogen and oxygen atoms in total. The van der Waals surface area contributed by atoms with Gasteiger partial charge in [0, 0.05) is 23.1 Å². The molecule has 0 saturated heterocycles. The summed E-state index contributed by atoms with van der Waals surface area (Å²) in [5.74, 6) is -0.400. The largest absolute Gasteiger partial charge is 0.273 e. The van der Waals surface area contributed by atoms with Crippen molar-refractivity contribution in [2.75, 3.05) is 0 Å². The number of carbonyl (C=O) groups excluding carboxylic acids is 1. The van der Waals surface area contributed by atoms with Gasteiger partial charge < -0.3 is 0 Å². The van der Waals surface area contributed by atoms with Crippen LogP contribution in [0.15, 0.2) is 77.9 Å². The number of nitro groups is 1. The maximum Gasteiger partial charge on any atom is 0.270 e. The first-order valence-corrected chi connectivity index (χ1v) is 10.1. The average molecular weight is 413 g/mol. The molecule has 0 spiro atoms. The lowest BCUT2D eigenvalue weighted by Gasteiger charge is -2.19. The normalized spacial score (nSPS) is 16.8. The van der Waals surface area contributed by atoms with Gasteiger partial charge in [-0.25, -0.2) is 5.43 Å². The Bertz CT molecular complexity index is 1140. The van der Waals surface area contributed by atoms with E-state index in [1.54, 1.807) is 12.1 Å². The fourth-order valence-corrected chi connectivity index (χ4v) is 4.20. The van der Waals surface area contributed by atoms with Crippen LogP contribution >= 0.6 is 0 Å². The van der Waals surface area contributed by atoms with Crippen molar-refractivity contribution in [3.63, 3.8) is 0 Å². The van der Waals surface area contributed by atoms with Crippen molar-refractivity contribution < 1.29 is 9.72 Å². The molecule has 3 aromatic rings. The Morgan fingerprint density at radius 2 is 1.65 bits per heavy atom. The lowest BCUT2D eigenvalue weighted by Crippen LogP contribution is -2.25. The second-order valence-electron chi connectivity index (χ2n) is 8.05. The summed E-state index contributed by atoms with van der Waals surface area (Å²) in [4.78, 5) is 23.4. The number of amides is 1. The Labute approximate surface area is 180 Å². The molecule has 1 aliphatic rings. The number of hydrogen-bond acceptors (Lipinski definition) is 4. The van der Waals surface area contributed by atoms with Crippen LogP contribution in [0.25, 0.3) is 0 Å². The van der Waals surface area contributed by atoms with E-state index < -0.39 is 4.92 Å². The van der Waals surface area contributed by atoms with Crippen LogP contribution in [-0.2, 0) is 10.2 Å². The summed E-state index contributed by atoms with van der Waals surface area (Å²) < 4.78 is 0. The first kappa shape index (κ1) is 20.5. The molecule has 1 N–H and O–H groups in total.